The summed E-state index contributed by atoms with van der Waals surface area (Å²) in [6.07, 6.45) is 2.00. The van der Waals surface area contributed by atoms with Crippen LogP contribution < -0.4 is 5.73 Å². The molecule has 1 atom stereocenters. The Kier molecular flexibility index (Phi) is 3.69. The van der Waals surface area contributed by atoms with Gasteiger partial charge in [-0.2, -0.15) is 0 Å². The fourth-order valence-corrected chi connectivity index (χ4v) is 2.60. The first kappa shape index (κ1) is 12.7. The number of nitrogens with zero attached hydrogens (tertiary/aromatic N) is 2. The Morgan fingerprint density at radius 3 is 2.94 bits per heavy atom. The van der Waals surface area contributed by atoms with E-state index in [4.69, 9.17) is 10.8 Å². The minimum Gasteiger partial charge on any atom is -0.480 e. The van der Waals surface area contributed by atoms with Gasteiger partial charge in [0.05, 0.1) is 11.4 Å². The minimum atomic E-state index is -0.998. The van der Waals surface area contributed by atoms with E-state index >= 15 is 0 Å². The molecule has 0 saturated carbocycles. The summed E-state index contributed by atoms with van der Waals surface area (Å²) in [5, 5.41) is 9.60. The minimum absolute atomic E-state index is 0.297. The number of carboxylic acid groups (broad SMARTS) is 1. The van der Waals surface area contributed by atoms with Crippen molar-refractivity contribution in [1.82, 2.24) is 9.97 Å². The molecular formula is C12H13N3O2S. The highest BCUT2D eigenvalue weighted by Gasteiger charge is 2.17. The van der Waals surface area contributed by atoms with E-state index in [0.29, 0.717) is 6.42 Å². The smallest absolute Gasteiger partial charge is 0.320 e. The van der Waals surface area contributed by atoms with Gasteiger partial charge in [0.1, 0.15) is 11.0 Å². The van der Waals surface area contributed by atoms with Gasteiger partial charge in [-0.25, -0.2) is 4.98 Å². The highest BCUT2D eigenvalue weighted by atomic mass is 32.1. The van der Waals surface area contributed by atoms with Crippen molar-refractivity contribution < 1.29 is 9.90 Å². The number of thiazole rings is 1. The van der Waals surface area contributed by atoms with Crippen molar-refractivity contribution in [2.24, 2.45) is 5.73 Å². The summed E-state index contributed by atoms with van der Waals surface area (Å²) in [7, 11) is 0. The summed E-state index contributed by atoms with van der Waals surface area (Å²) in [5.74, 6) is -0.998. The molecule has 0 aliphatic heterocycles. The van der Waals surface area contributed by atoms with Crippen LogP contribution in [0.25, 0.3) is 10.7 Å². The second-order valence-corrected chi connectivity index (χ2v) is 4.98. The lowest BCUT2D eigenvalue weighted by Crippen LogP contribution is -2.32. The molecule has 0 spiro atoms. The number of aromatic nitrogens is 2. The molecule has 0 amide bonds. The lowest BCUT2D eigenvalue weighted by atomic mass is 10.2. The molecule has 0 aromatic carbocycles. The van der Waals surface area contributed by atoms with Crippen LogP contribution in [-0.2, 0) is 11.2 Å². The van der Waals surface area contributed by atoms with Gasteiger partial charge in [-0.1, -0.05) is 6.07 Å². The van der Waals surface area contributed by atoms with Gasteiger partial charge in [0.25, 0.3) is 0 Å². The molecule has 2 aromatic heterocycles. The van der Waals surface area contributed by atoms with E-state index in [0.717, 1.165) is 21.3 Å². The number of aryl methyl sites for hydroxylation is 1. The number of hydrogen-bond acceptors (Lipinski definition) is 5. The summed E-state index contributed by atoms with van der Waals surface area (Å²) in [5.41, 5.74) is 7.14. The fraction of sp³-hybridized carbons (Fsp3) is 0.250. The molecule has 2 aromatic rings. The SMILES string of the molecule is Cc1nc(-c2ccccn2)sc1CC(N)C(=O)O. The average Bonchev–Trinajstić information content (AvgIpc) is 2.72. The number of carboxylic acids is 1. The molecule has 3 N–H and O–H groups in total. The zero-order valence-corrected chi connectivity index (χ0v) is 10.6. The van der Waals surface area contributed by atoms with Crippen LogP contribution in [0.15, 0.2) is 24.4 Å². The van der Waals surface area contributed by atoms with E-state index in [-0.39, 0.29) is 0 Å². The van der Waals surface area contributed by atoms with Crippen LogP contribution in [-0.4, -0.2) is 27.1 Å². The molecule has 0 aliphatic rings. The van der Waals surface area contributed by atoms with Crippen LogP contribution in [0, 0.1) is 6.92 Å². The van der Waals surface area contributed by atoms with Gasteiger partial charge in [0.2, 0.25) is 0 Å². The molecule has 0 bridgehead atoms. The molecule has 0 aliphatic carbocycles. The third-order valence-electron chi connectivity index (χ3n) is 2.50. The molecule has 2 rings (SSSR count). The van der Waals surface area contributed by atoms with Gasteiger partial charge in [-0.15, -0.1) is 11.3 Å². The molecule has 0 saturated heterocycles. The van der Waals surface area contributed by atoms with E-state index in [9.17, 15) is 4.79 Å². The number of carbonyl (C=O) groups is 1. The summed E-state index contributed by atoms with van der Waals surface area (Å²) in [6, 6.07) is 4.72. The van der Waals surface area contributed by atoms with Gasteiger partial charge in [-0.3, -0.25) is 9.78 Å². The Morgan fingerprint density at radius 1 is 1.56 bits per heavy atom. The molecular weight excluding hydrogens is 250 g/mol. The molecule has 5 nitrogen and oxygen atoms in total. The third kappa shape index (κ3) is 2.72. The van der Waals surface area contributed by atoms with Crippen molar-refractivity contribution >= 4 is 17.3 Å². The van der Waals surface area contributed by atoms with E-state index in [1.54, 1.807) is 6.20 Å². The van der Waals surface area contributed by atoms with Crippen molar-refractivity contribution in [1.29, 1.82) is 0 Å². The Balaban J connectivity index is 2.25. The largest absolute Gasteiger partial charge is 0.480 e. The maximum atomic E-state index is 10.7. The van der Waals surface area contributed by atoms with Crippen molar-refractivity contribution in [3.8, 4) is 10.7 Å². The zero-order valence-electron chi connectivity index (χ0n) is 9.83. The van der Waals surface area contributed by atoms with E-state index in [2.05, 4.69) is 9.97 Å². The topological polar surface area (TPSA) is 89.1 Å². The van der Waals surface area contributed by atoms with E-state index < -0.39 is 12.0 Å². The van der Waals surface area contributed by atoms with Crippen LogP contribution in [0.5, 0.6) is 0 Å². The molecule has 0 fully saturated rings. The van der Waals surface area contributed by atoms with E-state index in [1.807, 2.05) is 25.1 Å². The first-order chi connectivity index (χ1) is 8.58. The highest BCUT2D eigenvalue weighted by molar-refractivity contribution is 7.15. The maximum absolute atomic E-state index is 10.7. The molecule has 1 unspecified atom stereocenters. The standard InChI is InChI=1S/C12H13N3O2S/c1-7-10(6-8(13)12(16)17)18-11(15-7)9-4-2-3-5-14-9/h2-5,8H,6,13H2,1H3,(H,16,17). The summed E-state index contributed by atoms with van der Waals surface area (Å²) in [6.45, 7) is 1.85. The molecule has 0 radical (unpaired) electrons. The first-order valence-corrected chi connectivity index (χ1v) is 6.25. The fourth-order valence-electron chi connectivity index (χ4n) is 1.50. The van der Waals surface area contributed by atoms with Gasteiger partial charge in [0, 0.05) is 17.5 Å². The molecule has 6 heteroatoms. The lowest BCUT2D eigenvalue weighted by molar-refractivity contribution is -0.138. The van der Waals surface area contributed by atoms with Crippen LogP contribution in [0.2, 0.25) is 0 Å². The predicted molar refractivity (Wildman–Crippen MR) is 69.4 cm³/mol. The van der Waals surface area contributed by atoms with Gasteiger partial charge < -0.3 is 10.8 Å². The predicted octanol–water partition coefficient (Wildman–Crippen LogP) is 1.47. The lowest BCUT2D eigenvalue weighted by Gasteiger charge is -2.03. The summed E-state index contributed by atoms with van der Waals surface area (Å²) >= 11 is 1.44. The van der Waals surface area contributed by atoms with Crippen molar-refractivity contribution in [2.45, 2.75) is 19.4 Å². The number of aliphatic carboxylic acids is 1. The highest BCUT2D eigenvalue weighted by Crippen LogP contribution is 2.27. The van der Waals surface area contributed by atoms with Crippen LogP contribution in [0.1, 0.15) is 10.6 Å². The maximum Gasteiger partial charge on any atom is 0.320 e. The van der Waals surface area contributed by atoms with Gasteiger partial charge in [-0.05, 0) is 19.1 Å². The average molecular weight is 263 g/mol. The molecule has 94 valence electrons. The Bertz CT molecular complexity index is 554. The van der Waals surface area contributed by atoms with Crippen molar-refractivity contribution in [3.63, 3.8) is 0 Å². The number of pyridine rings is 1. The molecule has 2 heterocycles. The second-order valence-electron chi connectivity index (χ2n) is 3.89. The third-order valence-corrected chi connectivity index (χ3v) is 3.70. The van der Waals surface area contributed by atoms with Crippen LogP contribution in [0.3, 0.4) is 0 Å². The normalized spacial score (nSPS) is 12.3. The Labute approximate surface area is 108 Å². The van der Waals surface area contributed by atoms with Crippen LogP contribution >= 0.6 is 11.3 Å². The van der Waals surface area contributed by atoms with E-state index in [1.165, 1.54) is 11.3 Å². The number of nitrogens with two attached hydrogens (primary N) is 1. The zero-order chi connectivity index (χ0) is 13.1. The number of hydrogen-bond donors (Lipinski definition) is 2. The molecule has 18 heavy (non-hydrogen) atoms. The monoisotopic (exact) mass is 263 g/mol. The van der Waals surface area contributed by atoms with Crippen molar-refractivity contribution in [2.75, 3.05) is 0 Å². The van der Waals surface area contributed by atoms with Gasteiger partial charge in [0.15, 0.2) is 0 Å². The van der Waals surface area contributed by atoms with Gasteiger partial charge >= 0.3 is 5.97 Å². The Hall–Kier alpha value is -1.79. The van der Waals surface area contributed by atoms with Crippen molar-refractivity contribution in [3.05, 3.63) is 35.0 Å². The summed E-state index contributed by atoms with van der Waals surface area (Å²) < 4.78 is 0. The van der Waals surface area contributed by atoms with Crippen LogP contribution in [0.4, 0.5) is 0 Å². The summed E-state index contributed by atoms with van der Waals surface area (Å²) in [4.78, 5) is 20.3. The Morgan fingerprint density at radius 2 is 2.33 bits per heavy atom. The number of rotatable bonds is 4. The second kappa shape index (κ2) is 5.24. The first-order valence-electron chi connectivity index (χ1n) is 5.44. The quantitative estimate of drug-likeness (QED) is 0.871.